The van der Waals surface area contributed by atoms with Crippen LogP contribution in [0.2, 0.25) is 0 Å². The van der Waals surface area contributed by atoms with Crippen molar-refractivity contribution in [2.75, 3.05) is 0 Å². The molecule has 0 fully saturated rings. The molecular formula is C9H10BNO3. The summed E-state index contributed by atoms with van der Waals surface area (Å²) < 4.78 is 0. The fraction of sp³-hybridized carbons (Fsp3) is 0.333. The Morgan fingerprint density at radius 2 is 2.14 bits per heavy atom. The van der Waals surface area contributed by atoms with Crippen LogP contribution < -0.4 is 5.46 Å². The molecule has 4 nitrogen and oxygen atoms in total. The highest BCUT2D eigenvalue weighted by molar-refractivity contribution is 6.58. The van der Waals surface area contributed by atoms with E-state index in [0.717, 1.165) is 18.4 Å². The molecule has 1 aliphatic rings. The van der Waals surface area contributed by atoms with Crippen LogP contribution in [0.15, 0.2) is 12.3 Å². The largest absolute Gasteiger partial charge is 0.490 e. The lowest BCUT2D eigenvalue weighted by atomic mass is 9.79. The summed E-state index contributed by atoms with van der Waals surface area (Å²) in [7, 11) is -1.51. The van der Waals surface area contributed by atoms with Gasteiger partial charge in [-0.1, -0.05) is 6.07 Å². The third-order valence-electron chi connectivity index (χ3n) is 2.40. The molecule has 2 rings (SSSR count). The van der Waals surface area contributed by atoms with E-state index in [0.29, 0.717) is 17.6 Å². The van der Waals surface area contributed by atoms with E-state index in [1.54, 1.807) is 6.07 Å². The van der Waals surface area contributed by atoms with Gasteiger partial charge in [0.1, 0.15) is 5.69 Å². The molecule has 0 saturated carbocycles. The number of Topliss-reactive ketones (excluding diaryl/α,β-unsaturated/α-hetero) is 1. The molecule has 0 saturated heterocycles. The van der Waals surface area contributed by atoms with Crippen LogP contribution in [0.3, 0.4) is 0 Å². The predicted molar refractivity (Wildman–Crippen MR) is 51.3 cm³/mol. The van der Waals surface area contributed by atoms with Crippen molar-refractivity contribution < 1.29 is 14.8 Å². The molecule has 0 atom stereocenters. The maximum absolute atomic E-state index is 11.4. The number of carbonyl (C=O) groups excluding carboxylic acids is 1. The second-order valence-electron chi connectivity index (χ2n) is 3.43. The Morgan fingerprint density at radius 1 is 1.36 bits per heavy atom. The molecule has 1 aromatic heterocycles. The molecule has 0 bridgehead atoms. The van der Waals surface area contributed by atoms with Gasteiger partial charge in [0.2, 0.25) is 0 Å². The zero-order valence-electron chi connectivity index (χ0n) is 7.60. The lowest BCUT2D eigenvalue weighted by Crippen LogP contribution is -2.32. The average Bonchev–Trinajstić information content (AvgIpc) is 2.17. The molecular weight excluding hydrogens is 181 g/mol. The van der Waals surface area contributed by atoms with E-state index < -0.39 is 7.12 Å². The predicted octanol–water partition coefficient (Wildman–Crippen LogP) is -0.720. The van der Waals surface area contributed by atoms with Gasteiger partial charge in [-0.2, -0.15) is 0 Å². The summed E-state index contributed by atoms with van der Waals surface area (Å²) in [4.78, 5) is 15.3. The Morgan fingerprint density at radius 3 is 2.86 bits per heavy atom. The van der Waals surface area contributed by atoms with Gasteiger partial charge in [-0.15, -0.1) is 0 Å². The van der Waals surface area contributed by atoms with Gasteiger partial charge in [0.15, 0.2) is 5.78 Å². The lowest BCUT2D eigenvalue weighted by Gasteiger charge is -2.14. The monoisotopic (exact) mass is 191 g/mol. The second-order valence-corrected chi connectivity index (χ2v) is 3.43. The minimum atomic E-state index is -1.51. The summed E-state index contributed by atoms with van der Waals surface area (Å²) >= 11 is 0. The molecule has 2 N–H and O–H groups in total. The molecule has 1 heterocycles. The third-order valence-corrected chi connectivity index (χ3v) is 2.40. The normalized spacial score (nSPS) is 15.1. The molecule has 0 unspecified atom stereocenters. The fourth-order valence-electron chi connectivity index (χ4n) is 1.67. The van der Waals surface area contributed by atoms with Crippen LogP contribution in [0.25, 0.3) is 0 Å². The maximum Gasteiger partial charge on any atom is 0.490 e. The molecule has 5 heteroatoms. The summed E-state index contributed by atoms with van der Waals surface area (Å²) in [5.74, 6) is 0.0465. The molecule has 72 valence electrons. The van der Waals surface area contributed by atoms with Crippen LogP contribution in [0.5, 0.6) is 0 Å². The number of nitrogens with zero attached hydrogens (tertiary/aromatic N) is 1. The van der Waals surface area contributed by atoms with E-state index >= 15 is 0 Å². The van der Waals surface area contributed by atoms with Crippen LogP contribution in [0, 0.1) is 0 Å². The highest BCUT2D eigenvalue weighted by atomic mass is 16.4. The van der Waals surface area contributed by atoms with Crippen molar-refractivity contribution in [3.8, 4) is 0 Å². The molecule has 0 aliphatic heterocycles. The first-order valence-electron chi connectivity index (χ1n) is 4.56. The van der Waals surface area contributed by atoms with Gasteiger partial charge in [0.25, 0.3) is 0 Å². The standard InChI is InChI=1S/C9H10BNO3/c12-8-3-1-2-6-4-7(10(13)14)5-11-9(6)8/h4-5,13-14H,1-3H2. The quantitative estimate of drug-likeness (QED) is 0.574. The first-order chi connectivity index (χ1) is 6.68. The van der Waals surface area contributed by atoms with Crippen molar-refractivity contribution in [3.63, 3.8) is 0 Å². The van der Waals surface area contributed by atoms with Crippen molar-refractivity contribution in [1.29, 1.82) is 0 Å². The Labute approximate surface area is 81.7 Å². The van der Waals surface area contributed by atoms with E-state index in [4.69, 9.17) is 10.0 Å². The van der Waals surface area contributed by atoms with Gasteiger partial charge < -0.3 is 10.0 Å². The summed E-state index contributed by atoms with van der Waals surface area (Å²) in [5.41, 5.74) is 1.66. The summed E-state index contributed by atoms with van der Waals surface area (Å²) in [6.07, 6.45) is 3.49. The lowest BCUT2D eigenvalue weighted by molar-refractivity contribution is 0.0967. The summed E-state index contributed by atoms with van der Waals surface area (Å²) in [5, 5.41) is 17.8. The topological polar surface area (TPSA) is 70.4 Å². The SMILES string of the molecule is O=C1CCCc2cc(B(O)O)cnc21. The molecule has 0 spiro atoms. The zero-order chi connectivity index (χ0) is 10.1. The average molecular weight is 191 g/mol. The van der Waals surface area contributed by atoms with E-state index in [1.807, 2.05) is 0 Å². The number of aromatic nitrogens is 1. The first kappa shape index (κ1) is 9.36. The molecule has 0 aromatic carbocycles. The first-order valence-corrected chi connectivity index (χ1v) is 4.56. The van der Waals surface area contributed by atoms with Crippen LogP contribution in [-0.2, 0) is 6.42 Å². The molecule has 0 amide bonds. The van der Waals surface area contributed by atoms with E-state index in [-0.39, 0.29) is 5.78 Å². The number of pyridine rings is 1. The van der Waals surface area contributed by atoms with Crippen molar-refractivity contribution >= 4 is 18.4 Å². The van der Waals surface area contributed by atoms with E-state index in [9.17, 15) is 4.79 Å². The van der Waals surface area contributed by atoms with Crippen molar-refractivity contribution in [3.05, 3.63) is 23.5 Å². The highest BCUT2D eigenvalue weighted by Gasteiger charge is 2.21. The summed E-state index contributed by atoms with van der Waals surface area (Å²) in [6.45, 7) is 0. The van der Waals surface area contributed by atoms with Gasteiger partial charge in [-0.05, 0) is 18.4 Å². The van der Waals surface area contributed by atoms with Gasteiger partial charge >= 0.3 is 7.12 Å². The number of rotatable bonds is 1. The number of carbonyl (C=O) groups is 1. The molecule has 1 aliphatic carbocycles. The molecule has 1 aromatic rings. The van der Waals surface area contributed by atoms with E-state index in [2.05, 4.69) is 4.98 Å². The van der Waals surface area contributed by atoms with Crippen molar-refractivity contribution in [1.82, 2.24) is 4.98 Å². The number of fused-ring (bicyclic) bond motifs is 1. The van der Waals surface area contributed by atoms with Crippen molar-refractivity contribution in [2.24, 2.45) is 0 Å². The number of aryl methyl sites for hydroxylation is 1. The smallest absolute Gasteiger partial charge is 0.423 e. The van der Waals surface area contributed by atoms with E-state index in [1.165, 1.54) is 6.20 Å². The van der Waals surface area contributed by atoms with Crippen LogP contribution in [0.1, 0.15) is 28.9 Å². The number of ketones is 1. The Bertz CT molecular complexity index is 378. The van der Waals surface area contributed by atoms with Gasteiger partial charge in [0, 0.05) is 18.1 Å². The third kappa shape index (κ3) is 1.56. The maximum atomic E-state index is 11.4. The molecule has 0 radical (unpaired) electrons. The van der Waals surface area contributed by atoms with Gasteiger partial charge in [-0.3, -0.25) is 9.78 Å². The summed E-state index contributed by atoms with van der Waals surface area (Å²) in [6, 6.07) is 1.64. The number of hydrogen-bond donors (Lipinski definition) is 2. The van der Waals surface area contributed by atoms with Crippen LogP contribution in [0.4, 0.5) is 0 Å². The van der Waals surface area contributed by atoms with Crippen molar-refractivity contribution in [2.45, 2.75) is 19.3 Å². The fourth-order valence-corrected chi connectivity index (χ4v) is 1.67. The van der Waals surface area contributed by atoms with Gasteiger partial charge in [0.05, 0.1) is 0 Å². The Hall–Kier alpha value is -1.20. The Kier molecular flexibility index (Phi) is 2.35. The number of hydrogen-bond acceptors (Lipinski definition) is 4. The minimum Gasteiger partial charge on any atom is -0.423 e. The highest BCUT2D eigenvalue weighted by Crippen LogP contribution is 2.17. The van der Waals surface area contributed by atoms with Gasteiger partial charge in [-0.25, -0.2) is 0 Å². The Balaban J connectivity index is 2.44. The minimum absolute atomic E-state index is 0.0465. The molecule has 14 heavy (non-hydrogen) atoms. The van der Waals surface area contributed by atoms with Crippen LogP contribution in [-0.4, -0.2) is 27.9 Å². The zero-order valence-corrected chi connectivity index (χ0v) is 7.60. The van der Waals surface area contributed by atoms with Crippen LogP contribution >= 0.6 is 0 Å². The second kappa shape index (κ2) is 3.51.